The van der Waals surface area contributed by atoms with Crippen LogP contribution in [-0.2, 0) is 13.0 Å². The van der Waals surface area contributed by atoms with E-state index in [0.717, 1.165) is 25.3 Å². The number of fused-ring (bicyclic) bond motifs is 1. The summed E-state index contributed by atoms with van der Waals surface area (Å²) in [4.78, 5) is 4.75. The average molecular weight is 248 g/mol. The van der Waals surface area contributed by atoms with Gasteiger partial charge in [-0.15, -0.1) is 0 Å². The van der Waals surface area contributed by atoms with E-state index in [1.807, 2.05) is 0 Å². The first-order chi connectivity index (χ1) is 8.68. The van der Waals surface area contributed by atoms with Crippen LogP contribution in [-0.4, -0.2) is 28.3 Å². The molecule has 2 aliphatic rings. The van der Waals surface area contributed by atoms with Gasteiger partial charge in [-0.25, -0.2) is 9.66 Å². The molecule has 18 heavy (non-hydrogen) atoms. The van der Waals surface area contributed by atoms with Gasteiger partial charge in [-0.3, -0.25) is 0 Å². The van der Waals surface area contributed by atoms with Gasteiger partial charge < -0.3 is 10.3 Å². The Labute approximate surface area is 109 Å². The van der Waals surface area contributed by atoms with E-state index in [9.17, 15) is 0 Å². The summed E-state index contributed by atoms with van der Waals surface area (Å²) in [6.45, 7) is 8.85. The molecule has 0 spiro atoms. The molecule has 0 aliphatic carbocycles. The Kier molecular flexibility index (Phi) is 3.06. The Balaban J connectivity index is 2.02. The van der Waals surface area contributed by atoms with Crippen LogP contribution >= 0.6 is 0 Å². The van der Waals surface area contributed by atoms with Crippen LogP contribution in [0.2, 0.25) is 0 Å². The first-order valence-corrected chi connectivity index (χ1v) is 7.25. The third-order valence-corrected chi connectivity index (χ3v) is 4.40. The molecule has 1 N–H and O–H groups in total. The van der Waals surface area contributed by atoms with Crippen LogP contribution in [0.25, 0.3) is 0 Å². The fraction of sp³-hybridized carbons (Fsp3) is 0.786. The molecule has 3 rings (SSSR count). The van der Waals surface area contributed by atoms with Crippen LogP contribution < -0.4 is 10.3 Å². The molecule has 1 aromatic rings. The van der Waals surface area contributed by atoms with Gasteiger partial charge in [0.2, 0.25) is 0 Å². The van der Waals surface area contributed by atoms with Gasteiger partial charge >= 0.3 is 0 Å². The Hall–Kier alpha value is -1.03. The number of hydrogen-bond donors (Lipinski definition) is 1. The first-order valence-electron chi connectivity index (χ1n) is 7.25. The zero-order valence-electron chi connectivity index (χ0n) is 11.7. The maximum atomic E-state index is 4.75. The zero-order chi connectivity index (χ0) is 12.7. The predicted octanol–water partition coefficient (Wildman–Crippen LogP) is 1.74. The highest BCUT2D eigenvalue weighted by molar-refractivity contribution is 5.23. The maximum absolute atomic E-state index is 4.75. The highest BCUT2D eigenvalue weighted by Gasteiger charge is 2.29. The molecule has 4 nitrogen and oxygen atoms in total. The van der Waals surface area contributed by atoms with E-state index in [4.69, 9.17) is 4.98 Å². The number of nitrogens with one attached hydrogen (secondary N) is 1. The van der Waals surface area contributed by atoms with Gasteiger partial charge in [0, 0.05) is 31.6 Å². The smallest absolute Gasteiger partial charge is 0.125 e. The summed E-state index contributed by atoms with van der Waals surface area (Å²) in [6, 6.07) is 1.25. The van der Waals surface area contributed by atoms with Crippen molar-refractivity contribution in [2.24, 2.45) is 0 Å². The number of aryl methyl sites for hydroxylation is 1. The molecule has 0 aromatic carbocycles. The number of imidazole rings is 1. The summed E-state index contributed by atoms with van der Waals surface area (Å²) in [5.74, 6) is 1.16. The molecule has 2 aliphatic heterocycles. The molecule has 100 valence electrons. The summed E-state index contributed by atoms with van der Waals surface area (Å²) in [6.07, 6.45) is 5.06. The lowest BCUT2D eigenvalue weighted by atomic mass is 9.99. The first kappa shape index (κ1) is 12.0. The highest BCUT2D eigenvalue weighted by Crippen LogP contribution is 2.25. The third-order valence-electron chi connectivity index (χ3n) is 4.40. The molecule has 1 saturated heterocycles. The number of piperidine rings is 1. The minimum Gasteiger partial charge on any atom is -0.311 e. The lowest BCUT2D eigenvalue weighted by Gasteiger charge is -2.42. The monoisotopic (exact) mass is 248 g/mol. The minimum absolute atomic E-state index is 0.626. The van der Waals surface area contributed by atoms with Gasteiger partial charge in [0.05, 0.1) is 11.4 Å². The van der Waals surface area contributed by atoms with Crippen LogP contribution in [0.4, 0.5) is 0 Å². The van der Waals surface area contributed by atoms with Crippen LogP contribution in [0.15, 0.2) is 0 Å². The Morgan fingerprint density at radius 3 is 2.67 bits per heavy atom. The van der Waals surface area contributed by atoms with Gasteiger partial charge in [0.15, 0.2) is 0 Å². The lowest BCUT2D eigenvalue weighted by Crippen LogP contribution is -2.52. The summed E-state index contributed by atoms with van der Waals surface area (Å²) < 4.78 is 2.42. The van der Waals surface area contributed by atoms with E-state index < -0.39 is 0 Å². The molecular weight excluding hydrogens is 224 g/mol. The second-order valence-corrected chi connectivity index (χ2v) is 5.80. The van der Waals surface area contributed by atoms with E-state index in [1.165, 1.54) is 30.7 Å². The SMILES string of the molecule is Cc1nc2c(n1N1C(C)CCCC1C)CCNC2. The van der Waals surface area contributed by atoms with Crippen molar-refractivity contribution >= 4 is 0 Å². The minimum atomic E-state index is 0.626. The fourth-order valence-electron chi connectivity index (χ4n) is 3.54. The van der Waals surface area contributed by atoms with Crippen molar-refractivity contribution < 1.29 is 0 Å². The number of hydrogen-bond acceptors (Lipinski definition) is 3. The van der Waals surface area contributed by atoms with Crippen LogP contribution in [0.5, 0.6) is 0 Å². The van der Waals surface area contributed by atoms with E-state index in [0.29, 0.717) is 12.1 Å². The molecule has 2 atom stereocenters. The lowest BCUT2D eigenvalue weighted by molar-refractivity contribution is 0.326. The van der Waals surface area contributed by atoms with E-state index in [1.54, 1.807) is 0 Å². The second kappa shape index (κ2) is 4.57. The van der Waals surface area contributed by atoms with Crippen molar-refractivity contribution in [2.75, 3.05) is 11.6 Å². The van der Waals surface area contributed by atoms with Crippen LogP contribution in [0.3, 0.4) is 0 Å². The summed E-state index contributed by atoms with van der Waals surface area (Å²) in [5.41, 5.74) is 2.69. The highest BCUT2D eigenvalue weighted by atomic mass is 15.6. The number of nitrogens with zero attached hydrogens (tertiary/aromatic N) is 3. The molecule has 3 heterocycles. The molecule has 0 bridgehead atoms. The van der Waals surface area contributed by atoms with Crippen LogP contribution in [0, 0.1) is 6.92 Å². The normalized spacial score (nSPS) is 28.3. The topological polar surface area (TPSA) is 33.1 Å². The number of aromatic nitrogens is 2. The molecule has 1 aromatic heterocycles. The van der Waals surface area contributed by atoms with Crippen molar-refractivity contribution in [2.45, 2.75) is 65.1 Å². The Bertz CT molecular complexity index is 427. The van der Waals surface area contributed by atoms with Gasteiger partial charge in [0.1, 0.15) is 5.82 Å². The van der Waals surface area contributed by atoms with Crippen LogP contribution in [0.1, 0.15) is 50.3 Å². The summed E-state index contributed by atoms with van der Waals surface area (Å²) in [5, 5.41) is 5.98. The Morgan fingerprint density at radius 2 is 1.94 bits per heavy atom. The fourth-order valence-corrected chi connectivity index (χ4v) is 3.54. The molecule has 0 amide bonds. The van der Waals surface area contributed by atoms with Gasteiger partial charge in [-0.05, 0) is 40.0 Å². The van der Waals surface area contributed by atoms with Crippen molar-refractivity contribution in [1.29, 1.82) is 0 Å². The van der Waals surface area contributed by atoms with E-state index in [2.05, 4.69) is 35.8 Å². The third kappa shape index (κ3) is 1.83. The molecule has 4 heteroatoms. The van der Waals surface area contributed by atoms with Gasteiger partial charge in [-0.1, -0.05) is 0 Å². The zero-order valence-corrected chi connectivity index (χ0v) is 11.7. The molecular formula is C14H24N4. The van der Waals surface area contributed by atoms with Crippen molar-refractivity contribution in [3.8, 4) is 0 Å². The van der Waals surface area contributed by atoms with E-state index in [-0.39, 0.29) is 0 Å². The quantitative estimate of drug-likeness (QED) is 0.822. The molecule has 0 saturated carbocycles. The maximum Gasteiger partial charge on any atom is 0.125 e. The second-order valence-electron chi connectivity index (χ2n) is 5.80. The summed E-state index contributed by atoms with van der Waals surface area (Å²) in [7, 11) is 0. The van der Waals surface area contributed by atoms with Crippen molar-refractivity contribution in [3.05, 3.63) is 17.2 Å². The average Bonchev–Trinajstić information content (AvgIpc) is 2.66. The van der Waals surface area contributed by atoms with Crippen molar-refractivity contribution in [1.82, 2.24) is 15.0 Å². The van der Waals surface area contributed by atoms with Crippen molar-refractivity contribution in [3.63, 3.8) is 0 Å². The van der Waals surface area contributed by atoms with Gasteiger partial charge in [-0.2, -0.15) is 0 Å². The molecule has 1 fully saturated rings. The largest absolute Gasteiger partial charge is 0.311 e. The van der Waals surface area contributed by atoms with E-state index >= 15 is 0 Å². The standard InChI is InChI=1S/C14H24N4/c1-10-5-4-6-11(2)17(10)18-12(3)16-13-9-15-8-7-14(13)18/h10-11,15H,4-9H2,1-3H3. The molecule has 0 radical (unpaired) electrons. The summed E-state index contributed by atoms with van der Waals surface area (Å²) >= 11 is 0. The Morgan fingerprint density at radius 1 is 1.22 bits per heavy atom. The molecule has 2 unspecified atom stereocenters. The predicted molar refractivity (Wildman–Crippen MR) is 73.4 cm³/mol. The van der Waals surface area contributed by atoms with Gasteiger partial charge in [0.25, 0.3) is 0 Å². The number of rotatable bonds is 1.